The van der Waals surface area contributed by atoms with Crippen LogP contribution in [0.4, 0.5) is 17.1 Å². The number of hydrogen-bond donors (Lipinski definition) is 6. The van der Waals surface area contributed by atoms with E-state index in [2.05, 4.69) is 52.7 Å². The van der Waals surface area contributed by atoms with E-state index < -0.39 is 0 Å². The second-order valence-corrected chi connectivity index (χ2v) is 6.18. The van der Waals surface area contributed by atoms with Crippen molar-refractivity contribution in [2.24, 2.45) is 17.5 Å². The Bertz CT molecular complexity index is 811. The molecule has 3 rings (SSSR count). The minimum atomic E-state index is 0.0826. The Kier molecular flexibility index (Phi) is 5.38. The van der Waals surface area contributed by atoms with Crippen LogP contribution in [0.1, 0.15) is 28.2 Å². The summed E-state index contributed by atoms with van der Waals surface area (Å²) in [5.74, 6) is 16.6. The number of aryl methyl sites for hydroxylation is 1. The molecule has 3 aromatic carbocycles. The number of rotatable bonds is 6. The lowest BCUT2D eigenvalue weighted by molar-refractivity contribution is 0.974. The van der Waals surface area contributed by atoms with E-state index in [0.717, 1.165) is 22.6 Å². The molecule has 6 nitrogen and oxygen atoms in total. The number of nitrogen functional groups attached to an aromatic ring is 3. The summed E-state index contributed by atoms with van der Waals surface area (Å²) < 4.78 is 0. The topological polar surface area (TPSA) is 114 Å². The highest BCUT2D eigenvalue weighted by Gasteiger charge is 2.17. The third kappa shape index (κ3) is 3.62. The van der Waals surface area contributed by atoms with E-state index in [1.54, 1.807) is 0 Å². The van der Waals surface area contributed by atoms with Gasteiger partial charge >= 0.3 is 0 Å². The van der Waals surface area contributed by atoms with Gasteiger partial charge in [-0.15, -0.1) is 0 Å². The first kappa shape index (κ1) is 17.8. The van der Waals surface area contributed by atoms with Crippen molar-refractivity contribution in [1.29, 1.82) is 0 Å². The number of anilines is 3. The summed E-state index contributed by atoms with van der Waals surface area (Å²) in [6, 6.07) is 22.5. The van der Waals surface area contributed by atoms with Crippen LogP contribution in [0.2, 0.25) is 0 Å². The Morgan fingerprint density at radius 2 is 1.08 bits per heavy atom. The first-order valence-electron chi connectivity index (χ1n) is 8.36. The zero-order valence-corrected chi connectivity index (χ0v) is 14.7. The van der Waals surface area contributed by atoms with Crippen molar-refractivity contribution in [2.75, 3.05) is 16.3 Å². The zero-order valence-electron chi connectivity index (χ0n) is 14.7. The van der Waals surface area contributed by atoms with Gasteiger partial charge in [0.25, 0.3) is 0 Å². The third-order valence-electron chi connectivity index (χ3n) is 4.56. The predicted octanol–water partition coefficient (Wildman–Crippen LogP) is 3.03. The predicted molar refractivity (Wildman–Crippen MR) is 108 cm³/mol. The highest BCUT2D eigenvalue weighted by atomic mass is 15.2. The monoisotopic (exact) mass is 348 g/mol. The van der Waals surface area contributed by atoms with Gasteiger partial charge in [-0.05, 0) is 59.5 Å². The van der Waals surface area contributed by atoms with Gasteiger partial charge in [-0.3, -0.25) is 17.5 Å². The summed E-state index contributed by atoms with van der Waals surface area (Å²) in [6.45, 7) is 2.04. The molecular weight excluding hydrogens is 324 g/mol. The second-order valence-electron chi connectivity index (χ2n) is 6.18. The van der Waals surface area contributed by atoms with Crippen LogP contribution in [-0.4, -0.2) is 0 Å². The summed E-state index contributed by atoms with van der Waals surface area (Å²) in [4.78, 5) is 0. The van der Waals surface area contributed by atoms with Gasteiger partial charge in [-0.25, -0.2) is 0 Å². The molecule has 0 unspecified atom stereocenters. The molecule has 0 bridgehead atoms. The number of benzene rings is 3. The number of hydrazine groups is 3. The Morgan fingerprint density at radius 1 is 0.615 bits per heavy atom. The summed E-state index contributed by atoms with van der Waals surface area (Å²) in [6.07, 6.45) is 0. The molecule has 6 heteroatoms. The van der Waals surface area contributed by atoms with Crippen LogP contribution in [0.5, 0.6) is 0 Å². The van der Waals surface area contributed by atoms with Gasteiger partial charge in [0.15, 0.2) is 0 Å². The molecule has 0 aliphatic heterocycles. The highest BCUT2D eigenvalue weighted by molar-refractivity contribution is 5.56. The molecule has 0 fully saturated rings. The van der Waals surface area contributed by atoms with Crippen molar-refractivity contribution in [3.8, 4) is 0 Å². The minimum absolute atomic E-state index is 0.0826. The van der Waals surface area contributed by atoms with Gasteiger partial charge in [-0.2, -0.15) is 0 Å². The van der Waals surface area contributed by atoms with Crippen molar-refractivity contribution < 1.29 is 0 Å². The number of hydrogen-bond acceptors (Lipinski definition) is 6. The lowest BCUT2D eigenvalue weighted by atomic mass is 9.84. The van der Waals surface area contributed by atoms with Gasteiger partial charge in [0.1, 0.15) is 0 Å². The molecule has 0 saturated carbocycles. The van der Waals surface area contributed by atoms with Gasteiger partial charge in [-0.1, -0.05) is 36.4 Å². The van der Waals surface area contributed by atoms with Crippen LogP contribution >= 0.6 is 0 Å². The summed E-state index contributed by atoms with van der Waals surface area (Å²) in [5, 5.41) is 0. The average Bonchev–Trinajstić information content (AvgIpc) is 2.69. The van der Waals surface area contributed by atoms with E-state index in [4.69, 9.17) is 17.5 Å². The Labute approximate surface area is 153 Å². The Hall–Kier alpha value is -3.06. The normalized spacial score (nSPS) is 10.7. The molecule has 0 aliphatic carbocycles. The van der Waals surface area contributed by atoms with Crippen LogP contribution < -0.4 is 33.8 Å². The average molecular weight is 348 g/mol. The molecule has 0 spiro atoms. The molecule has 134 valence electrons. The fourth-order valence-electron chi connectivity index (χ4n) is 3.15. The lowest BCUT2D eigenvalue weighted by Crippen LogP contribution is -2.10. The molecule has 0 aliphatic rings. The van der Waals surface area contributed by atoms with Crippen LogP contribution in [-0.2, 0) is 0 Å². The van der Waals surface area contributed by atoms with Crippen LogP contribution in [0.3, 0.4) is 0 Å². The molecule has 26 heavy (non-hydrogen) atoms. The Balaban J connectivity index is 2.09. The maximum atomic E-state index is 5.58. The highest BCUT2D eigenvalue weighted by Crippen LogP contribution is 2.34. The number of nitrogens with one attached hydrogen (secondary N) is 3. The van der Waals surface area contributed by atoms with Crippen LogP contribution in [0.15, 0.2) is 66.7 Å². The SMILES string of the molecule is Cc1cc(C(c2ccc(NN)cc2)c2ccc(NN)cc2)ccc1NN. The van der Waals surface area contributed by atoms with Crippen molar-refractivity contribution in [3.05, 3.63) is 89.0 Å². The molecule has 0 radical (unpaired) electrons. The van der Waals surface area contributed by atoms with E-state index >= 15 is 0 Å². The van der Waals surface area contributed by atoms with Gasteiger partial charge in [0, 0.05) is 17.3 Å². The van der Waals surface area contributed by atoms with E-state index in [0.29, 0.717) is 0 Å². The first-order chi connectivity index (χ1) is 12.7. The maximum absolute atomic E-state index is 5.58. The van der Waals surface area contributed by atoms with Crippen molar-refractivity contribution >= 4 is 17.1 Å². The smallest absolute Gasteiger partial charge is 0.0514 e. The second kappa shape index (κ2) is 7.88. The molecule has 9 N–H and O–H groups in total. The lowest BCUT2D eigenvalue weighted by Gasteiger charge is -2.21. The van der Waals surface area contributed by atoms with Gasteiger partial charge in [0.05, 0.1) is 5.69 Å². The largest absolute Gasteiger partial charge is 0.324 e. The molecule has 0 heterocycles. The van der Waals surface area contributed by atoms with E-state index in [-0.39, 0.29) is 5.92 Å². The van der Waals surface area contributed by atoms with Crippen LogP contribution in [0, 0.1) is 6.92 Å². The van der Waals surface area contributed by atoms with Gasteiger partial charge in [0.2, 0.25) is 0 Å². The standard InChI is InChI=1S/C20H24N6/c1-13-12-16(6-11-19(13)26-23)20(14-2-7-17(24-21)8-3-14)15-4-9-18(25-22)10-5-15/h2-12,20,24-26H,21-23H2,1H3. The maximum Gasteiger partial charge on any atom is 0.0514 e. The third-order valence-corrected chi connectivity index (χ3v) is 4.56. The fraction of sp³-hybridized carbons (Fsp3) is 0.100. The van der Waals surface area contributed by atoms with E-state index in [1.807, 2.05) is 37.3 Å². The summed E-state index contributed by atoms with van der Waals surface area (Å²) in [7, 11) is 0. The molecule has 3 aromatic rings. The molecule has 0 amide bonds. The van der Waals surface area contributed by atoms with Crippen LogP contribution in [0.25, 0.3) is 0 Å². The van der Waals surface area contributed by atoms with Crippen molar-refractivity contribution in [2.45, 2.75) is 12.8 Å². The molecule has 0 atom stereocenters. The molecular formula is C20H24N6. The zero-order chi connectivity index (χ0) is 18.5. The van der Waals surface area contributed by atoms with E-state index in [9.17, 15) is 0 Å². The first-order valence-corrected chi connectivity index (χ1v) is 8.36. The van der Waals surface area contributed by atoms with Gasteiger partial charge < -0.3 is 16.3 Å². The van der Waals surface area contributed by atoms with Crippen molar-refractivity contribution in [1.82, 2.24) is 0 Å². The molecule has 0 saturated heterocycles. The summed E-state index contributed by atoms with van der Waals surface area (Å²) in [5.41, 5.74) is 15.3. The Morgan fingerprint density at radius 3 is 1.46 bits per heavy atom. The fourth-order valence-corrected chi connectivity index (χ4v) is 3.15. The van der Waals surface area contributed by atoms with Crippen molar-refractivity contribution in [3.63, 3.8) is 0 Å². The quantitative estimate of drug-likeness (QED) is 0.232. The summed E-state index contributed by atoms with van der Waals surface area (Å²) >= 11 is 0. The minimum Gasteiger partial charge on any atom is -0.324 e. The molecule has 0 aromatic heterocycles. The number of nitrogens with two attached hydrogens (primary N) is 3. The van der Waals surface area contributed by atoms with E-state index in [1.165, 1.54) is 16.7 Å².